The highest BCUT2D eigenvalue weighted by Gasteiger charge is 2.42. The largest absolute Gasteiger partial charge is 0.490 e. The third-order valence-electron chi connectivity index (χ3n) is 7.62. The molecule has 11 nitrogen and oxygen atoms in total. The van der Waals surface area contributed by atoms with Crippen molar-refractivity contribution in [3.63, 3.8) is 0 Å². The van der Waals surface area contributed by atoms with Gasteiger partial charge in [-0.05, 0) is 48.9 Å². The summed E-state index contributed by atoms with van der Waals surface area (Å²) in [6, 6.07) is 6.16. The molecule has 0 aliphatic carbocycles. The summed E-state index contributed by atoms with van der Waals surface area (Å²) in [5.74, 6) is -3.83. The molecule has 3 aliphatic heterocycles. The number of hydrogen-bond donors (Lipinski definition) is 2. The molecule has 0 aromatic carbocycles. The van der Waals surface area contributed by atoms with Crippen LogP contribution in [-0.2, 0) is 42.1 Å². The number of aliphatic carboxylic acids is 2. The van der Waals surface area contributed by atoms with Crippen molar-refractivity contribution in [2.45, 2.75) is 57.7 Å². The molecule has 0 atom stereocenters. The Morgan fingerprint density at radius 2 is 1.56 bits per heavy atom. The first-order chi connectivity index (χ1) is 21.1. The van der Waals surface area contributed by atoms with Crippen LogP contribution < -0.4 is 10.5 Å². The van der Waals surface area contributed by atoms with E-state index in [9.17, 15) is 31.1 Å². The van der Waals surface area contributed by atoms with Crippen LogP contribution in [0.4, 0.5) is 32.3 Å². The zero-order valence-corrected chi connectivity index (χ0v) is 24.3. The molecule has 6 heterocycles. The molecule has 0 radical (unpaired) electrons. The van der Waals surface area contributed by atoms with E-state index in [1.807, 2.05) is 22.0 Å². The lowest BCUT2D eigenvalue weighted by molar-refractivity contribution is -0.193. The van der Waals surface area contributed by atoms with Crippen molar-refractivity contribution in [2.75, 3.05) is 24.5 Å². The molecular weight excluding hydrogens is 634 g/mol. The Kier molecular flexibility index (Phi) is 10.2. The number of aromatic nitrogens is 4. The summed E-state index contributed by atoms with van der Waals surface area (Å²) in [6.45, 7) is 5.41. The maximum absolute atomic E-state index is 13.4. The van der Waals surface area contributed by atoms with Crippen molar-refractivity contribution in [3.8, 4) is 0 Å². The van der Waals surface area contributed by atoms with Gasteiger partial charge in [-0.15, -0.1) is 11.3 Å². The number of anilines is 1. The molecule has 0 bridgehead atoms. The predicted octanol–water partition coefficient (Wildman–Crippen LogP) is 3.76. The van der Waals surface area contributed by atoms with E-state index in [1.54, 1.807) is 12.4 Å². The first-order valence-electron chi connectivity index (χ1n) is 13.6. The second-order valence-corrected chi connectivity index (χ2v) is 11.7. The fourth-order valence-electron chi connectivity index (χ4n) is 5.36. The van der Waals surface area contributed by atoms with E-state index in [1.165, 1.54) is 4.88 Å². The van der Waals surface area contributed by atoms with Crippen LogP contribution in [0.15, 0.2) is 40.8 Å². The fourth-order valence-corrected chi connectivity index (χ4v) is 6.10. The summed E-state index contributed by atoms with van der Waals surface area (Å²) in [6.07, 6.45) is -2.68. The number of nitrogens with zero attached hydrogens (tertiary/aromatic N) is 6. The van der Waals surface area contributed by atoms with Gasteiger partial charge in [-0.1, -0.05) is 6.07 Å². The standard InChI is InChI=1S/C23H26N6OS.2C2HF3O2/c30-21-18-15-28(22-24-7-2-8-25-22)9-4-19(18)26-20-13-23(16-29(20)21)5-10-27(11-6-23)14-17-3-1-12-31-17;2*3-2(4,5)1(6)7/h1-3,7-8,12H,4-6,9-11,13-16H2;2*(H,6,7). The first kappa shape index (κ1) is 33.8. The van der Waals surface area contributed by atoms with Gasteiger partial charge in [-0.3, -0.25) is 14.3 Å². The average molecular weight is 663 g/mol. The summed E-state index contributed by atoms with van der Waals surface area (Å²) < 4.78 is 65.4. The topological polar surface area (TPSA) is 142 Å². The fraction of sp³-hybridized carbons (Fsp3) is 0.481. The Hall–Kier alpha value is -4.06. The third kappa shape index (κ3) is 8.56. The number of thiophene rings is 1. The van der Waals surface area contributed by atoms with Crippen molar-refractivity contribution >= 4 is 29.2 Å². The smallest absolute Gasteiger partial charge is 0.475 e. The number of carbonyl (C=O) groups is 2. The van der Waals surface area contributed by atoms with Gasteiger partial charge >= 0.3 is 24.3 Å². The number of rotatable bonds is 3. The van der Waals surface area contributed by atoms with Gasteiger partial charge in [-0.25, -0.2) is 24.5 Å². The number of likely N-dealkylation sites (tertiary alicyclic amines) is 1. The molecule has 1 saturated heterocycles. The molecule has 3 aliphatic rings. The quantitative estimate of drug-likeness (QED) is 0.399. The molecule has 45 heavy (non-hydrogen) atoms. The van der Waals surface area contributed by atoms with Gasteiger partial charge < -0.3 is 15.1 Å². The SMILES string of the molecule is O=C(O)C(F)(F)F.O=C(O)C(F)(F)F.O=c1c2c(nc3n1CC1(CCN(Cc4cccs4)CC1)C3)CCN(c1ncccn1)C2. The zero-order chi connectivity index (χ0) is 33.0. The van der Waals surface area contributed by atoms with E-state index in [2.05, 4.69) is 37.3 Å². The second kappa shape index (κ2) is 13.5. The van der Waals surface area contributed by atoms with E-state index >= 15 is 0 Å². The van der Waals surface area contributed by atoms with E-state index in [0.717, 1.165) is 75.5 Å². The van der Waals surface area contributed by atoms with Crippen molar-refractivity contribution in [1.82, 2.24) is 24.4 Å². The highest BCUT2D eigenvalue weighted by molar-refractivity contribution is 7.09. The minimum absolute atomic E-state index is 0.151. The number of carboxylic acid groups (broad SMARTS) is 2. The van der Waals surface area contributed by atoms with E-state index in [4.69, 9.17) is 24.8 Å². The third-order valence-corrected chi connectivity index (χ3v) is 8.48. The van der Waals surface area contributed by atoms with Crippen molar-refractivity contribution in [2.24, 2.45) is 5.41 Å². The van der Waals surface area contributed by atoms with Crippen LogP contribution in [0.5, 0.6) is 0 Å². The number of piperidine rings is 1. The molecule has 18 heteroatoms. The lowest BCUT2D eigenvalue weighted by Crippen LogP contribution is -2.41. The molecular formula is C27H28F6N6O5S. The van der Waals surface area contributed by atoms with E-state index in [0.29, 0.717) is 12.5 Å². The lowest BCUT2D eigenvalue weighted by Gasteiger charge is -2.38. The van der Waals surface area contributed by atoms with Crippen LogP contribution in [0.25, 0.3) is 0 Å². The molecule has 3 aromatic rings. The molecule has 6 rings (SSSR count). The van der Waals surface area contributed by atoms with Crippen molar-refractivity contribution < 1.29 is 46.1 Å². The van der Waals surface area contributed by atoms with Gasteiger partial charge in [-0.2, -0.15) is 26.3 Å². The Balaban J connectivity index is 0.000000277. The first-order valence-corrected chi connectivity index (χ1v) is 14.4. The highest BCUT2D eigenvalue weighted by Crippen LogP contribution is 2.41. The number of carboxylic acids is 2. The summed E-state index contributed by atoms with van der Waals surface area (Å²) >= 11 is 1.83. The Morgan fingerprint density at radius 3 is 2.09 bits per heavy atom. The normalized spacial score (nSPS) is 17.3. The van der Waals surface area contributed by atoms with Crippen LogP contribution >= 0.6 is 11.3 Å². The molecule has 0 amide bonds. The van der Waals surface area contributed by atoms with Gasteiger partial charge in [0, 0.05) is 49.7 Å². The number of hydrogen-bond acceptors (Lipinski definition) is 9. The van der Waals surface area contributed by atoms with Crippen LogP contribution in [0, 0.1) is 5.41 Å². The molecule has 3 aromatic heterocycles. The average Bonchev–Trinajstić information content (AvgIpc) is 3.62. The minimum Gasteiger partial charge on any atom is -0.475 e. The van der Waals surface area contributed by atoms with Crippen LogP contribution in [0.1, 0.15) is 34.8 Å². The highest BCUT2D eigenvalue weighted by atomic mass is 32.1. The van der Waals surface area contributed by atoms with Gasteiger partial charge in [0.25, 0.3) is 5.56 Å². The number of fused-ring (bicyclic) bond motifs is 2. The molecule has 1 spiro atoms. The monoisotopic (exact) mass is 662 g/mol. The molecule has 244 valence electrons. The van der Waals surface area contributed by atoms with Gasteiger partial charge in [0.15, 0.2) is 0 Å². The number of halogens is 6. The molecule has 0 saturated carbocycles. The maximum atomic E-state index is 13.4. The summed E-state index contributed by atoms with van der Waals surface area (Å²) in [5, 5.41) is 16.4. The zero-order valence-electron chi connectivity index (χ0n) is 23.5. The molecule has 0 unspecified atom stereocenters. The minimum atomic E-state index is -5.08. The predicted molar refractivity (Wildman–Crippen MR) is 148 cm³/mol. The Bertz CT molecular complexity index is 1520. The molecule has 2 N–H and O–H groups in total. The van der Waals surface area contributed by atoms with Crippen molar-refractivity contribution in [1.29, 1.82) is 0 Å². The van der Waals surface area contributed by atoms with Gasteiger partial charge in [0.2, 0.25) is 5.95 Å². The molecule has 1 fully saturated rings. The Labute approximate surface area is 255 Å². The Morgan fingerprint density at radius 1 is 0.956 bits per heavy atom. The lowest BCUT2D eigenvalue weighted by atomic mass is 9.77. The van der Waals surface area contributed by atoms with E-state index < -0.39 is 24.3 Å². The van der Waals surface area contributed by atoms with Gasteiger partial charge in [0.05, 0.1) is 17.8 Å². The van der Waals surface area contributed by atoms with Crippen molar-refractivity contribution in [3.05, 3.63) is 68.3 Å². The van der Waals surface area contributed by atoms with Gasteiger partial charge in [0.1, 0.15) is 5.82 Å². The van der Waals surface area contributed by atoms with Crippen LogP contribution in [0.3, 0.4) is 0 Å². The van der Waals surface area contributed by atoms with Crippen LogP contribution in [-0.4, -0.2) is 78.6 Å². The van der Waals surface area contributed by atoms with Crippen LogP contribution in [0.2, 0.25) is 0 Å². The maximum Gasteiger partial charge on any atom is 0.490 e. The summed E-state index contributed by atoms with van der Waals surface area (Å²) in [4.78, 5) is 51.0. The summed E-state index contributed by atoms with van der Waals surface area (Å²) in [5.41, 5.74) is 2.15. The second-order valence-electron chi connectivity index (χ2n) is 10.7. The van der Waals surface area contributed by atoms with E-state index in [-0.39, 0.29) is 11.0 Å². The number of alkyl halides is 6. The summed E-state index contributed by atoms with van der Waals surface area (Å²) in [7, 11) is 0.